The van der Waals surface area contributed by atoms with Crippen LogP contribution in [0.25, 0.3) is 5.70 Å². The zero-order valence-corrected chi connectivity index (χ0v) is 16.0. The van der Waals surface area contributed by atoms with Crippen molar-refractivity contribution in [3.63, 3.8) is 0 Å². The molecule has 0 aromatic carbocycles. The number of aromatic amines is 1. The lowest BCUT2D eigenvalue weighted by Crippen LogP contribution is -2.32. The quantitative estimate of drug-likeness (QED) is 0.540. The zero-order chi connectivity index (χ0) is 19.1. The molecule has 0 radical (unpaired) electrons. The second-order valence-electron chi connectivity index (χ2n) is 7.35. The minimum Gasteiger partial charge on any atom is -0.396 e. The smallest absolute Gasteiger partial charge is 0.396 e. The van der Waals surface area contributed by atoms with Crippen molar-refractivity contribution in [1.82, 2.24) is 4.98 Å². The number of hydrogen-bond acceptors (Lipinski definition) is 5. The summed E-state index contributed by atoms with van der Waals surface area (Å²) in [5.41, 5.74) is 2.17. The number of anilines is 1. The van der Waals surface area contributed by atoms with E-state index in [4.69, 9.17) is 0 Å². The molecule has 27 heavy (non-hydrogen) atoms. The first-order chi connectivity index (χ1) is 13.2. The van der Waals surface area contributed by atoms with Crippen LogP contribution >= 0.6 is 0 Å². The number of aliphatic hydroxyl groups is 2. The molecule has 2 aliphatic rings. The van der Waals surface area contributed by atoms with E-state index in [0.29, 0.717) is 11.7 Å². The predicted molar refractivity (Wildman–Crippen MR) is 104 cm³/mol. The summed E-state index contributed by atoms with van der Waals surface area (Å²) in [6, 6.07) is 0.293. The van der Waals surface area contributed by atoms with Gasteiger partial charge in [-0.1, -0.05) is 24.4 Å². The average Bonchev–Trinajstić information content (AvgIpc) is 2.70. The van der Waals surface area contributed by atoms with Crippen LogP contribution in [0.3, 0.4) is 0 Å². The molecular weight excluding hydrogens is 342 g/mol. The number of allylic oxidation sites excluding steroid dienone is 1. The molecule has 1 fully saturated rings. The third-order valence-electron chi connectivity index (χ3n) is 5.11. The van der Waals surface area contributed by atoms with Crippen molar-refractivity contribution in [1.29, 1.82) is 0 Å². The molecule has 1 saturated carbocycles. The zero-order valence-electron chi connectivity index (χ0n) is 16.0. The number of aliphatic imine (C=N–C) groups is 1. The molecule has 0 amide bonds. The SMILES string of the molecule is CCCCN=c1[n+]#cc(C2=CCC(CO)C=N2)c(NC2CCC(O)CC2)[nH]1. The van der Waals surface area contributed by atoms with Gasteiger partial charge in [0, 0.05) is 18.2 Å². The number of unbranched alkanes of at least 4 members (excludes halogenated alkanes) is 1. The van der Waals surface area contributed by atoms with Crippen LogP contribution in [-0.2, 0) is 0 Å². The van der Waals surface area contributed by atoms with Crippen LogP contribution in [0.15, 0.2) is 16.1 Å². The molecule has 1 atom stereocenters. The third kappa shape index (κ3) is 5.41. The Kier molecular flexibility index (Phi) is 7.02. The predicted octanol–water partition coefficient (Wildman–Crippen LogP) is 1.25. The van der Waals surface area contributed by atoms with E-state index in [9.17, 15) is 10.2 Å². The van der Waals surface area contributed by atoms with Gasteiger partial charge in [0.25, 0.3) is 0 Å². The van der Waals surface area contributed by atoms with E-state index >= 15 is 0 Å². The standard InChI is InChI=1S/C20H29N5O2/c1-2-3-10-21-20-23-12-17(18-9-4-14(13-26)11-22-18)19(25-20)24-15-5-7-16(27)8-6-15/h9,11,14-16,26-27H,2-8,10,13H2,1H3,(H,21,24,25)/p+1. The van der Waals surface area contributed by atoms with Gasteiger partial charge in [-0.15, -0.1) is 0 Å². The second-order valence-corrected chi connectivity index (χ2v) is 7.35. The monoisotopic (exact) mass is 372 g/mol. The summed E-state index contributed by atoms with van der Waals surface area (Å²) < 4.78 is 0. The maximum atomic E-state index is 9.75. The summed E-state index contributed by atoms with van der Waals surface area (Å²) >= 11 is 0. The third-order valence-corrected chi connectivity index (χ3v) is 5.11. The second kappa shape index (κ2) is 9.67. The van der Waals surface area contributed by atoms with E-state index in [1.54, 1.807) is 6.21 Å². The maximum Gasteiger partial charge on any atom is 0.490 e. The molecule has 1 aromatic heterocycles. The molecule has 7 heteroatoms. The molecule has 1 aromatic rings. The Morgan fingerprint density at radius 1 is 1.37 bits per heavy atom. The Labute approximate surface area is 160 Å². The van der Waals surface area contributed by atoms with Gasteiger partial charge in [0.05, 0.1) is 18.4 Å². The van der Waals surface area contributed by atoms with Crippen molar-refractivity contribution in [3.05, 3.63) is 23.5 Å². The van der Waals surface area contributed by atoms with Crippen LogP contribution < -0.4 is 15.9 Å². The molecule has 146 valence electrons. The Hall–Kier alpha value is -2.17. The fraction of sp³-hybridized carbons (Fsp3) is 0.650. The Bertz CT molecular complexity index is 732. The number of aliphatic hydroxyl groups excluding tert-OH is 2. The number of hydrogen-bond donors (Lipinski definition) is 4. The largest absolute Gasteiger partial charge is 0.490 e. The molecule has 2 heterocycles. The molecule has 0 spiro atoms. The first kappa shape index (κ1) is 19.6. The van der Waals surface area contributed by atoms with Crippen LogP contribution in [-0.4, -0.2) is 46.7 Å². The van der Waals surface area contributed by atoms with E-state index in [2.05, 4.69) is 38.4 Å². The molecule has 1 unspecified atom stereocenters. The number of nitrogens with one attached hydrogen (secondary N) is 2. The molecular formula is C20H30N5O2+. The van der Waals surface area contributed by atoms with Gasteiger partial charge in [-0.3, -0.25) is 4.99 Å². The lowest BCUT2D eigenvalue weighted by atomic mass is 9.93. The van der Waals surface area contributed by atoms with Gasteiger partial charge in [0.1, 0.15) is 12.1 Å². The van der Waals surface area contributed by atoms with E-state index in [1.807, 2.05) is 6.08 Å². The highest BCUT2D eigenvalue weighted by atomic mass is 16.3. The minimum absolute atomic E-state index is 0.0743. The van der Waals surface area contributed by atoms with Crippen LogP contribution in [0.2, 0.25) is 0 Å². The maximum absolute atomic E-state index is 9.75. The summed E-state index contributed by atoms with van der Waals surface area (Å²) in [6.07, 6.45) is 13.1. The number of H-pyrrole nitrogens is 1. The van der Waals surface area contributed by atoms with Crippen molar-refractivity contribution in [2.24, 2.45) is 15.9 Å². The highest BCUT2D eigenvalue weighted by Crippen LogP contribution is 2.27. The van der Waals surface area contributed by atoms with Crippen LogP contribution in [0.4, 0.5) is 5.82 Å². The van der Waals surface area contributed by atoms with Gasteiger partial charge in [-0.2, -0.15) is 4.98 Å². The highest BCUT2D eigenvalue weighted by molar-refractivity contribution is 5.80. The van der Waals surface area contributed by atoms with Crippen LogP contribution in [0.5, 0.6) is 0 Å². The Morgan fingerprint density at radius 2 is 2.19 bits per heavy atom. The number of rotatable bonds is 7. The van der Waals surface area contributed by atoms with Crippen molar-refractivity contribution >= 4 is 17.7 Å². The van der Waals surface area contributed by atoms with Gasteiger partial charge < -0.3 is 15.5 Å². The van der Waals surface area contributed by atoms with E-state index in [1.165, 1.54) is 0 Å². The van der Waals surface area contributed by atoms with Gasteiger partial charge in [-0.25, -0.2) is 4.98 Å². The van der Waals surface area contributed by atoms with Crippen molar-refractivity contribution in [3.8, 4) is 0 Å². The van der Waals surface area contributed by atoms with Gasteiger partial charge in [0.2, 0.25) is 0 Å². The van der Waals surface area contributed by atoms with Gasteiger partial charge in [0.15, 0.2) is 12.0 Å². The first-order valence-corrected chi connectivity index (χ1v) is 10.0. The van der Waals surface area contributed by atoms with E-state index < -0.39 is 0 Å². The highest BCUT2D eigenvalue weighted by Gasteiger charge is 2.23. The molecule has 1 aliphatic carbocycles. The Balaban J connectivity index is 1.84. The van der Waals surface area contributed by atoms with Gasteiger partial charge >= 0.3 is 5.62 Å². The summed E-state index contributed by atoms with van der Waals surface area (Å²) in [4.78, 5) is 16.6. The van der Waals surface area contributed by atoms with Gasteiger partial charge in [-0.05, 0) is 38.5 Å². The molecule has 4 N–H and O–H groups in total. The van der Waals surface area contributed by atoms with Crippen LogP contribution in [0, 0.1) is 12.1 Å². The molecule has 7 nitrogen and oxygen atoms in total. The first-order valence-electron chi connectivity index (χ1n) is 10.0. The van der Waals surface area contributed by atoms with Crippen LogP contribution in [0.1, 0.15) is 57.4 Å². The summed E-state index contributed by atoms with van der Waals surface area (Å²) in [5.74, 6) is 0.901. The normalized spacial score (nSPS) is 25.8. The van der Waals surface area contributed by atoms with Crippen molar-refractivity contribution in [2.75, 3.05) is 18.5 Å². The lowest BCUT2D eigenvalue weighted by Gasteiger charge is -2.26. The minimum atomic E-state index is -0.184. The van der Waals surface area contributed by atoms with E-state index in [-0.39, 0.29) is 18.6 Å². The lowest BCUT2D eigenvalue weighted by molar-refractivity contribution is -0.324. The Morgan fingerprint density at radius 3 is 2.85 bits per heavy atom. The number of nitrogens with zero attached hydrogens (tertiary/aromatic N) is 3. The van der Waals surface area contributed by atoms with Crippen molar-refractivity contribution in [2.45, 2.75) is 64.0 Å². The van der Waals surface area contributed by atoms with E-state index in [0.717, 1.165) is 68.6 Å². The number of aromatic nitrogens is 2. The summed E-state index contributed by atoms with van der Waals surface area (Å²) in [7, 11) is 0. The fourth-order valence-electron chi connectivity index (χ4n) is 3.35. The fourth-order valence-corrected chi connectivity index (χ4v) is 3.35. The molecule has 3 rings (SSSR count). The molecule has 0 saturated heterocycles. The van der Waals surface area contributed by atoms with Crippen molar-refractivity contribution < 1.29 is 15.2 Å². The summed E-state index contributed by atoms with van der Waals surface area (Å²) in [6.45, 7) is 2.98. The molecule has 0 bridgehead atoms. The average molecular weight is 372 g/mol. The summed E-state index contributed by atoms with van der Waals surface area (Å²) in [5, 5.41) is 22.6. The molecule has 1 aliphatic heterocycles. The topological polar surface area (TPSA) is 107 Å².